The van der Waals surface area contributed by atoms with E-state index in [1.165, 1.54) is 5.57 Å². The highest BCUT2D eigenvalue weighted by atomic mass is 16.5. The molecule has 1 aromatic rings. The second-order valence-electron chi connectivity index (χ2n) is 21.5. The highest BCUT2D eigenvalue weighted by Crippen LogP contribution is 2.75. The van der Waals surface area contributed by atoms with E-state index in [0.29, 0.717) is 43.5 Å². The first kappa shape index (κ1) is 39.7. The number of nitrogens with zero attached hydrogens (tertiary/aromatic N) is 4. The van der Waals surface area contributed by atoms with Gasteiger partial charge in [0, 0.05) is 35.8 Å². The third kappa shape index (κ3) is 5.58. The minimum absolute atomic E-state index is 0.00294. The fraction of sp³-hybridized carbons (Fsp3) is 0.800. The second-order valence-corrected chi connectivity index (χ2v) is 21.5. The zero-order valence-corrected chi connectivity index (χ0v) is 35.5. The van der Waals surface area contributed by atoms with Crippen LogP contribution >= 0.6 is 0 Å². The van der Waals surface area contributed by atoms with Crippen molar-refractivity contribution in [3.05, 3.63) is 48.4 Å². The van der Waals surface area contributed by atoms with Crippen molar-refractivity contribution in [1.82, 2.24) is 19.7 Å². The first-order chi connectivity index (χ1) is 25.1. The summed E-state index contributed by atoms with van der Waals surface area (Å²) in [5, 5.41) is 16.2. The Kier molecular flexibility index (Phi) is 9.58. The average Bonchev–Trinajstić information content (AvgIpc) is 3.57. The van der Waals surface area contributed by atoms with Gasteiger partial charge in [-0.3, -0.25) is 4.79 Å². The Morgan fingerprint density at radius 2 is 1.74 bits per heavy atom. The number of hydrogen-bond donors (Lipinski definition) is 2. The van der Waals surface area contributed by atoms with E-state index >= 15 is 0 Å². The van der Waals surface area contributed by atoms with Gasteiger partial charge in [-0.2, -0.15) is 5.10 Å². The molecule has 9 heteroatoms. The number of hydrogen-bond acceptors (Lipinski definition) is 7. The molecular formula is C45H71N5O4. The van der Waals surface area contributed by atoms with Gasteiger partial charge in [-0.05, 0) is 90.8 Å². The van der Waals surface area contributed by atoms with E-state index in [2.05, 4.69) is 116 Å². The molecule has 1 saturated heterocycles. The van der Waals surface area contributed by atoms with Gasteiger partial charge >= 0.3 is 5.97 Å². The van der Waals surface area contributed by atoms with Crippen LogP contribution in [-0.2, 0) is 14.3 Å². The summed E-state index contributed by atoms with van der Waals surface area (Å²) in [6.07, 6.45) is 18.4. The van der Waals surface area contributed by atoms with Crippen LogP contribution in [0.5, 0.6) is 0 Å². The predicted octanol–water partition coefficient (Wildman–Crippen LogP) is 8.61. The lowest BCUT2D eigenvalue weighted by molar-refractivity contribution is -0.253. The number of aromatic nitrogens is 3. The molecule has 4 aliphatic carbocycles. The largest absolute Gasteiger partial charge is 0.481 e. The number of carboxylic acid groups (broad SMARTS) is 1. The Morgan fingerprint density at radius 1 is 1.06 bits per heavy atom. The summed E-state index contributed by atoms with van der Waals surface area (Å²) >= 11 is 0. The lowest BCUT2D eigenvalue weighted by Crippen LogP contribution is -2.69. The maximum absolute atomic E-state index is 13.6. The average molecular weight is 746 g/mol. The number of fused-ring (bicyclic) bond motifs is 3. The summed E-state index contributed by atoms with van der Waals surface area (Å²) in [7, 11) is 2.04. The quantitative estimate of drug-likeness (QED) is 0.254. The number of rotatable bonds is 8. The molecule has 9 nitrogen and oxygen atoms in total. The van der Waals surface area contributed by atoms with E-state index < -0.39 is 17.4 Å². The van der Waals surface area contributed by atoms with Crippen LogP contribution < -0.4 is 5.73 Å². The lowest BCUT2D eigenvalue weighted by atomic mass is 9.34. The monoisotopic (exact) mass is 746 g/mol. The van der Waals surface area contributed by atoms with Gasteiger partial charge in [-0.15, -0.1) is 0 Å². The standard InChI is InChI=1S/C45H71N5O4/c1-28(2)29(3)40(7)19-20-42(9)31-13-14-34-41(8)24-53-26-45(34,32(31)15-18-43(42,10)35(40)38(51)52)23-33(36(41)54-25-44(11,46)39(4,5)6)50-37(47-27-48-50)30-16-21-49(12)22-17-30/h15-17,21-22,27-31,33-36H,13-14,18-20,23-26,46H2,1-12H3,(H,51,52)/t29-,31+,33-,34+,35-,36+,40-,41-,42-,43+,44+,45+/m1/s1. The summed E-state index contributed by atoms with van der Waals surface area (Å²) in [5.74, 6) is 1.27. The van der Waals surface area contributed by atoms with E-state index in [1.807, 2.05) is 7.05 Å². The topological polar surface area (TPSA) is 116 Å². The normalized spacial score (nSPS) is 42.4. The van der Waals surface area contributed by atoms with Crippen molar-refractivity contribution in [1.29, 1.82) is 0 Å². The Hall–Kier alpha value is -2.49. The number of allylic oxidation sites excluding steroid dienone is 3. The molecule has 1 aromatic heterocycles. The number of carboxylic acids is 1. The highest BCUT2D eigenvalue weighted by Gasteiger charge is 2.72. The maximum atomic E-state index is 13.6. The fourth-order valence-electron chi connectivity index (χ4n) is 13.1. The molecule has 54 heavy (non-hydrogen) atoms. The minimum Gasteiger partial charge on any atom is -0.481 e. The molecular weight excluding hydrogens is 675 g/mol. The SMILES string of the molecule is CC(C)[C@@H](C)[C@@]1(C)CC[C@]2(C)[C@H]3CC[C@@H]4[C@@]5(COC[C@@]4(C)[C@@H](OC[C@](C)(N)C(C)(C)C)[C@H](n4ncnc4C4C=CN(C)C=C4)C5)C3=CC[C@@]2(C)[C@@H]1C(=O)O. The Labute approximate surface area is 325 Å². The minimum atomic E-state index is -0.619. The molecule has 0 amide bonds. The van der Waals surface area contributed by atoms with E-state index in [4.69, 9.17) is 25.3 Å². The van der Waals surface area contributed by atoms with Gasteiger partial charge in [0.2, 0.25) is 0 Å². The second kappa shape index (κ2) is 13.0. The molecule has 3 saturated carbocycles. The predicted molar refractivity (Wildman–Crippen MR) is 213 cm³/mol. The van der Waals surface area contributed by atoms with Gasteiger partial charge < -0.3 is 25.2 Å². The smallest absolute Gasteiger partial charge is 0.307 e. The Morgan fingerprint density at radius 3 is 2.37 bits per heavy atom. The van der Waals surface area contributed by atoms with Crippen molar-refractivity contribution in [2.24, 2.45) is 67.8 Å². The molecule has 6 aliphatic rings. The molecule has 3 heterocycles. The number of carbonyl (C=O) groups is 1. The van der Waals surface area contributed by atoms with E-state index in [9.17, 15) is 9.90 Å². The van der Waals surface area contributed by atoms with E-state index in [1.54, 1.807) is 6.33 Å². The van der Waals surface area contributed by atoms with Crippen LogP contribution in [0.1, 0.15) is 132 Å². The lowest BCUT2D eigenvalue weighted by Gasteiger charge is -2.71. The van der Waals surface area contributed by atoms with Crippen LogP contribution in [0.15, 0.2) is 42.5 Å². The summed E-state index contributed by atoms with van der Waals surface area (Å²) < 4.78 is 16.3. The van der Waals surface area contributed by atoms with Crippen LogP contribution in [0.4, 0.5) is 0 Å². The summed E-state index contributed by atoms with van der Waals surface area (Å²) in [4.78, 5) is 20.6. The molecule has 7 rings (SSSR count). The fourth-order valence-corrected chi connectivity index (χ4v) is 13.1. The van der Waals surface area contributed by atoms with Gasteiger partial charge in [-0.25, -0.2) is 9.67 Å². The van der Waals surface area contributed by atoms with Crippen molar-refractivity contribution in [2.75, 3.05) is 26.9 Å². The first-order valence-corrected chi connectivity index (χ1v) is 21.0. The van der Waals surface area contributed by atoms with E-state index in [0.717, 1.165) is 44.3 Å². The number of aliphatic carboxylic acids is 1. The van der Waals surface area contributed by atoms with Gasteiger partial charge in [0.1, 0.15) is 12.2 Å². The summed E-state index contributed by atoms with van der Waals surface area (Å²) in [6.45, 7) is 26.7. The van der Waals surface area contributed by atoms with Crippen LogP contribution in [0.2, 0.25) is 0 Å². The molecule has 300 valence electrons. The number of nitrogens with two attached hydrogens (primary N) is 1. The third-order valence-electron chi connectivity index (χ3n) is 17.6. The Bertz CT molecular complexity index is 1690. The Balaban J connectivity index is 1.34. The van der Waals surface area contributed by atoms with Crippen molar-refractivity contribution in [3.63, 3.8) is 0 Å². The third-order valence-corrected chi connectivity index (χ3v) is 17.6. The molecule has 2 bridgehead atoms. The maximum Gasteiger partial charge on any atom is 0.307 e. The van der Waals surface area contributed by atoms with Crippen molar-refractivity contribution >= 4 is 5.97 Å². The van der Waals surface area contributed by atoms with Gasteiger partial charge in [0.05, 0.1) is 43.8 Å². The van der Waals surface area contributed by atoms with Crippen molar-refractivity contribution in [3.8, 4) is 0 Å². The van der Waals surface area contributed by atoms with Crippen molar-refractivity contribution < 1.29 is 19.4 Å². The number of ether oxygens (including phenoxy) is 2. The molecule has 0 unspecified atom stereocenters. The van der Waals surface area contributed by atoms with Crippen LogP contribution in [0.25, 0.3) is 0 Å². The summed E-state index contributed by atoms with van der Waals surface area (Å²) in [6, 6.07) is -0.0843. The van der Waals surface area contributed by atoms with Gasteiger partial charge in [0.25, 0.3) is 0 Å². The van der Waals surface area contributed by atoms with Gasteiger partial charge in [0.15, 0.2) is 0 Å². The molecule has 12 atom stereocenters. The molecule has 0 spiro atoms. The molecule has 0 radical (unpaired) electrons. The molecule has 3 N–H and O–H groups in total. The van der Waals surface area contributed by atoms with Crippen LogP contribution in [-0.4, -0.2) is 69.3 Å². The first-order valence-electron chi connectivity index (χ1n) is 21.0. The highest BCUT2D eigenvalue weighted by molar-refractivity contribution is 5.73. The zero-order chi connectivity index (χ0) is 39.4. The zero-order valence-electron chi connectivity index (χ0n) is 35.5. The van der Waals surface area contributed by atoms with Crippen molar-refractivity contribution in [2.45, 2.75) is 138 Å². The van der Waals surface area contributed by atoms with Crippen LogP contribution in [0.3, 0.4) is 0 Å². The van der Waals surface area contributed by atoms with E-state index in [-0.39, 0.29) is 50.6 Å². The molecule has 2 aliphatic heterocycles. The summed E-state index contributed by atoms with van der Waals surface area (Å²) in [5.41, 5.74) is 6.56. The molecule has 4 fully saturated rings. The van der Waals surface area contributed by atoms with Gasteiger partial charge in [-0.1, -0.05) is 93.0 Å². The molecule has 0 aromatic carbocycles. The van der Waals surface area contributed by atoms with Crippen LogP contribution in [0, 0.1) is 62.1 Å².